The topological polar surface area (TPSA) is 17.1 Å². The Hall–Kier alpha value is 0.280. The molecule has 0 bridgehead atoms. The summed E-state index contributed by atoms with van der Waals surface area (Å²) in [7, 11) is 0. The first-order valence-corrected chi connectivity index (χ1v) is 7.81. The van der Waals surface area contributed by atoms with E-state index in [9.17, 15) is 4.79 Å². The van der Waals surface area contributed by atoms with Crippen molar-refractivity contribution < 1.29 is 4.79 Å². The molecule has 0 aliphatic carbocycles. The van der Waals surface area contributed by atoms with Gasteiger partial charge in [-0.15, -0.1) is 11.3 Å². The van der Waals surface area contributed by atoms with Gasteiger partial charge in [0, 0.05) is 14.7 Å². The number of halogens is 3. The number of benzene rings is 1. The van der Waals surface area contributed by atoms with Crippen molar-refractivity contribution in [3.8, 4) is 0 Å². The standard InChI is InChI=1S/C11H5Br2IOS/c12-9-5-8(11(13)16-9)10(15)6-2-1-3-7(14)4-6/h1-5H. The number of hydrogen-bond acceptors (Lipinski definition) is 2. The number of hydrogen-bond donors (Lipinski definition) is 0. The van der Waals surface area contributed by atoms with Crippen molar-refractivity contribution in [2.75, 3.05) is 0 Å². The Morgan fingerprint density at radius 3 is 2.56 bits per heavy atom. The second-order valence-electron chi connectivity index (χ2n) is 3.08. The number of carbonyl (C=O) groups excluding carboxylic acids is 1. The van der Waals surface area contributed by atoms with E-state index in [1.807, 2.05) is 30.3 Å². The summed E-state index contributed by atoms with van der Waals surface area (Å²) in [5.41, 5.74) is 1.43. The van der Waals surface area contributed by atoms with Crippen LogP contribution in [0.1, 0.15) is 15.9 Å². The zero-order valence-electron chi connectivity index (χ0n) is 7.84. The Balaban J connectivity index is 2.43. The van der Waals surface area contributed by atoms with E-state index in [1.54, 1.807) is 0 Å². The van der Waals surface area contributed by atoms with Crippen molar-refractivity contribution in [1.82, 2.24) is 0 Å². The average molecular weight is 472 g/mol. The molecule has 0 radical (unpaired) electrons. The fourth-order valence-electron chi connectivity index (χ4n) is 1.28. The predicted octanol–water partition coefficient (Wildman–Crippen LogP) is 5.11. The summed E-state index contributed by atoms with van der Waals surface area (Å²) in [6.45, 7) is 0. The fourth-order valence-corrected chi connectivity index (χ4v) is 4.62. The molecule has 0 spiro atoms. The molecule has 0 aliphatic rings. The van der Waals surface area contributed by atoms with Gasteiger partial charge < -0.3 is 0 Å². The lowest BCUT2D eigenvalue weighted by atomic mass is 10.1. The maximum atomic E-state index is 12.2. The number of carbonyl (C=O) groups is 1. The van der Waals surface area contributed by atoms with Crippen LogP contribution in [0.2, 0.25) is 0 Å². The first kappa shape index (κ1) is 12.7. The lowest BCUT2D eigenvalue weighted by Crippen LogP contribution is -2.00. The van der Waals surface area contributed by atoms with E-state index in [0.29, 0.717) is 5.56 Å². The Morgan fingerprint density at radius 1 is 1.25 bits per heavy atom. The number of rotatable bonds is 2. The highest BCUT2D eigenvalue weighted by molar-refractivity contribution is 14.1. The third kappa shape index (κ3) is 2.75. The molecule has 0 saturated heterocycles. The summed E-state index contributed by atoms with van der Waals surface area (Å²) < 4.78 is 2.88. The van der Waals surface area contributed by atoms with Gasteiger partial charge in [0.15, 0.2) is 5.78 Å². The number of thiophene rings is 1. The fraction of sp³-hybridized carbons (Fsp3) is 0. The molecule has 0 fully saturated rings. The van der Waals surface area contributed by atoms with Crippen LogP contribution < -0.4 is 0 Å². The molecule has 0 aliphatic heterocycles. The molecule has 1 nitrogen and oxygen atoms in total. The third-order valence-corrected chi connectivity index (χ3v) is 5.00. The van der Waals surface area contributed by atoms with Crippen LogP contribution in [-0.2, 0) is 0 Å². The van der Waals surface area contributed by atoms with Crippen LogP contribution in [0.4, 0.5) is 0 Å². The maximum absolute atomic E-state index is 12.2. The molecule has 5 heteroatoms. The average Bonchev–Trinajstić information content (AvgIpc) is 2.57. The van der Waals surface area contributed by atoms with Crippen molar-refractivity contribution >= 4 is 71.6 Å². The van der Waals surface area contributed by atoms with Gasteiger partial charge in [0.05, 0.1) is 7.57 Å². The Bertz CT molecular complexity index is 551. The van der Waals surface area contributed by atoms with Crippen LogP contribution in [0.15, 0.2) is 37.9 Å². The van der Waals surface area contributed by atoms with Crippen LogP contribution in [-0.4, -0.2) is 5.78 Å². The minimum absolute atomic E-state index is 0.0485. The molecule has 0 amide bonds. The minimum Gasteiger partial charge on any atom is -0.289 e. The Morgan fingerprint density at radius 2 is 2.00 bits per heavy atom. The summed E-state index contributed by atoms with van der Waals surface area (Å²) in [5, 5.41) is 0. The highest BCUT2D eigenvalue weighted by Crippen LogP contribution is 2.33. The van der Waals surface area contributed by atoms with Gasteiger partial charge in [-0.25, -0.2) is 0 Å². The van der Waals surface area contributed by atoms with Crippen molar-refractivity contribution in [1.29, 1.82) is 0 Å². The predicted molar refractivity (Wildman–Crippen MR) is 82.3 cm³/mol. The largest absolute Gasteiger partial charge is 0.289 e. The van der Waals surface area contributed by atoms with Gasteiger partial charge in [0.1, 0.15) is 0 Å². The van der Waals surface area contributed by atoms with Crippen LogP contribution >= 0.6 is 65.8 Å². The Labute approximate surface area is 128 Å². The van der Waals surface area contributed by atoms with Gasteiger partial charge in [0.2, 0.25) is 0 Å². The molecule has 0 N–H and O–H groups in total. The molecule has 2 rings (SSSR count). The molecule has 2 aromatic rings. The summed E-state index contributed by atoms with van der Waals surface area (Å²) in [6, 6.07) is 9.43. The first-order chi connectivity index (χ1) is 7.58. The SMILES string of the molecule is O=C(c1cccc(I)c1)c1cc(Br)sc1Br. The summed E-state index contributed by atoms with van der Waals surface area (Å²) in [5.74, 6) is 0.0485. The molecule has 16 heavy (non-hydrogen) atoms. The Kier molecular flexibility index (Phi) is 4.21. The second kappa shape index (κ2) is 5.29. The highest BCUT2D eigenvalue weighted by Gasteiger charge is 2.15. The zero-order valence-corrected chi connectivity index (χ0v) is 14.0. The molecule has 82 valence electrons. The highest BCUT2D eigenvalue weighted by atomic mass is 127. The van der Waals surface area contributed by atoms with Gasteiger partial charge >= 0.3 is 0 Å². The van der Waals surface area contributed by atoms with Crippen molar-refractivity contribution in [3.63, 3.8) is 0 Å². The lowest BCUT2D eigenvalue weighted by molar-refractivity contribution is 0.103. The van der Waals surface area contributed by atoms with Crippen LogP contribution in [0, 0.1) is 3.57 Å². The molecule has 1 heterocycles. The van der Waals surface area contributed by atoms with Gasteiger partial charge in [0.25, 0.3) is 0 Å². The van der Waals surface area contributed by atoms with Crippen molar-refractivity contribution in [3.05, 3.63) is 52.6 Å². The minimum atomic E-state index is 0.0485. The second-order valence-corrected chi connectivity index (χ2v) is 8.07. The van der Waals surface area contributed by atoms with E-state index in [1.165, 1.54) is 11.3 Å². The van der Waals surface area contributed by atoms with E-state index >= 15 is 0 Å². The van der Waals surface area contributed by atoms with E-state index in [0.717, 1.165) is 16.7 Å². The summed E-state index contributed by atoms with van der Waals surface area (Å²) >= 11 is 10.5. The van der Waals surface area contributed by atoms with Crippen LogP contribution in [0.3, 0.4) is 0 Å². The molecule has 1 aromatic heterocycles. The van der Waals surface area contributed by atoms with Gasteiger partial charge in [-0.05, 0) is 72.6 Å². The smallest absolute Gasteiger partial charge is 0.195 e. The van der Waals surface area contributed by atoms with Crippen molar-refractivity contribution in [2.45, 2.75) is 0 Å². The molecule has 0 saturated carbocycles. The molecule has 0 atom stereocenters. The normalized spacial score (nSPS) is 10.4. The summed E-state index contributed by atoms with van der Waals surface area (Å²) in [4.78, 5) is 12.2. The van der Waals surface area contributed by atoms with Crippen LogP contribution in [0.5, 0.6) is 0 Å². The van der Waals surface area contributed by atoms with E-state index in [-0.39, 0.29) is 5.78 Å². The quantitative estimate of drug-likeness (QED) is 0.439. The monoisotopic (exact) mass is 470 g/mol. The number of ketones is 1. The van der Waals surface area contributed by atoms with Crippen molar-refractivity contribution in [2.24, 2.45) is 0 Å². The van der Waals surface area contributed by atoms with E-state index in [2.05, 4.69) is 54.5 Å². The molecule has 1 aromatic carbocycles. The summed E-state index contributed by atoms with van der Waals surface area (Å²) in [6.07, 6.45) is 0. The van der Waals surface area contributed by atoms with E-state index < -0.39 is 0 Å². The third-order valence-electron chi connectivity index (χ3n) is 1.99. The molecule has 0 unspecified atom stereocenters. The zero-order chi connectivity index (χ0) is 11.7. The van der Waals surface area contributed by atoms with Gasteiger partial charge in [-0.2, -0.15) is 0 Å². The van der Waals surface area contributed by atoms with Gasteiger partial charge in [-0.1, -0.05) is 12.1 Å². The maximum Gasteiger partial charge on any atom is 0.195 e. The molecular weight excluding hydrogens is 467 g/mol. The van der Waals surface area contributed by atoms with Gasteiger partial charge in [-0.3, -0.25) is 4.79 Å². The molecular formula is C11H5Br2IOS. The lowest BCUT2D eigenvalue weighted by Gasteiger charge is -1.99. The van der Waals surface area contributed by atoms with E-state index in [4.69, 9.17) is 0 Å². The van der Waals surface area contributed by atoms with Crippen LogP contribution in [0.25, 0.3) is 0 Å². The first-order valence-electron chi connectivity index (χ1n) is 4.33.